The monoisotopic (exact) mass is 1000 g/mol. The highest BCUT2D eigenvalue weighted by Crippen LogP contribution is 2.32. The molecule has 0 saturated carbocycles. The lowest BCUT2D eigenvalue weighted by Gasteiger charge is -2.17. The first kappa shape index (κ1) is 49.4. The van der Waals surface area contributed by atoms with Gasteiger partial charge in [0.1, 0.15) is 5.75 Å². The molecular formula is C42H31Cl7N8O7. The topological polar surface area (TPSA) is 209 Å². The fraction of sp³-hybridized carbons (Fsp3) is 0.143. The van der Waals surface area contributed by atoms with E-state index in [4.69, 9.17) is 85.9 Å². The quantitative estimate of drug-likeness (QED) is 0.0426. The van der Waals surface area contributed by atoms with Crippen molar-refractivity contribution in [2.24, 2.45) is 20.5 Å². The maximum absolute atomic E-state index is 13.5. The summed E-state index contributed by atoms with van der Waals surface area (Å²) in [5.41, 5.74) is 0.0302. The Balaban J connectivity index is 1.29. The average Bonchev–Trinajstić information content (AvgIpc) is 3.17. The lowest BCUT2D eigenvalue weighted by molar-refractivity contribution is -0.127. The number of amides is 4. The van der Waals surface area contributed by atoms with E-state index in [0.717, 1.165) is 13.8 Å². The summed E-state index contributed by atoms with van der Waals surface area (Å²) < 4.78 is 5.67. The minimum Gasteiger partial charge on any atom is -0.473 e. The number of hydrogen-bond acceptors (Lipinski definition) is 11. The van der Waals surface area contributed by atoms with Crippen LogP contribution in [0, 0.1) is 0 Å². The Kier molecular flexibility index (Phi) is 17.2. The zero-order valence-electron chi connectivity index (χ0n) is 33.2. The van der Waals surface area contributed by atoms with Crippen LogP contribution < -0.4 is 26.0 Å². The smallest absolute Gasteiger partial charge is 0.258 e. The minimum absolute atomic E-state index is 0.0156. The molecule has 0 aliphatic rings. The lowest BCUT2D eigenvalue weighted by Crippen LogP contribution is -2.32. The number of nitrogens with one attached hydrogen (secondary N) is 4. The third kappa shape index (κ3) is 14.4. The van der Waals surface area contributed by atoms with Gasteiger partial charge in [0.2, 0.25) is 12.1 Å². The first-order valence-corrected chi connectivity index (χ1v) is 21.0. The summed E-state index contributed by atoms with van der Waals surface area (Å²) in [6, 6.07) is 17.8. The van der Waals surface area contributed by atoms with Crippen molar-refractivity contribution in [3.8, 4) is 5.75 Å². The van der Waals surface area contributed by atoms with Gasteiger partial charge in [0.05, 0.1) is 17.1 Å². The van der Waals surface area contributed by atoms with Gasteiger partial charge in [0.15, 0.2) is 17.1 Å². The molecule has 64 heavy (non-hydrogen) atoms. The van der Waals surface area contributed by atoms with Crippen molar-refractivity contribution in [1.29, 1.82) is 0 Å². The van der Waals surface area contributed by atoms with Crippen molar-refractivity contribution >= 4 is 151 Å². The zero-order valence-corrected chi connectivity index (χ0v) is 38.5. The summed E-state index contributed by atoms with van der Waals surface area (Å²) in [5, 5.41) is 27.7. The van der Waals surface area contributed by atoms with E-state index in [2.05, 4.69) is 41.7 Å². The van der Waals surface area contributed by atoms with Crippen LogP contribution in [0.4, 0.5) is 34.1 Å². The molecule has 3 atom stereocenters. The van der Waals surface area contributed by atoms with Gasteiger partial charge in [-0.05, 0) is 106 Å². The van der Waals surface area contributed by atoms with Crippen LogP contribution in [0.15, 0.2) is 111 Å². The Morgan fingerprint density at radius 3 is 1.31 bits per heavy atom. The number of Topliss-reactive ketones (excluding diaryl/α,β-unsaturated/α-hetero) is 2. The fourth-order valence-electron chi connectivity index (χ4n) is 5.46. The van der Waals surface area contributed by atoms with Crippen LogP contribution in [-0.4, -0.2) is 52.8 Å². The van der Waals surface area contributed by atoms with Crippen molar-refractivity contribution in [1.82, 2.24) is 0 Å². The van der Waals surface area contributed by atoms with Crippen molar-refractivity contribution in [2.45, 2.75) is 38.4 Å². The summed E-state index contributed by atoms with van der Waals surface area (Å²) in [7, 11) is 0. The van der Waals surface area contributed by atoms with Gasteiger partial charge in [-0.2, -0.15) is 20.5 Å². The average molecular weight is 1010 g/mol. The molecular weight excluding hydrogens is 977 g/mol. The van der Waals surface area contributed by atoms with Crippen LogP contribution in [0.3, 0.4) is 0 Å². The number of benzene rings is 5. The normalized spacial score (nSPS) is 12.6. The first-order chi connectivity index (χ1) is 30.2. The number of hydrogen-bond donors (Lipinski definition) is 4. The molecule has 0 heterocycles. The fourth-order valence-corrected chi connectivity index (χ4v) is 7.06. The van der Waals surface area contributed by atoms with Gasteiger partial charge in [-0.1, -0.05) is 81.2 Å². The predicted octanol–water partition coefficient (Wildman–Crippen LogP) is 12.4. The van der Waals surface area contributed by atoms with Crippen molar-refractivity contribution in [3.63, 3.8) is 0 Å². The van der Waals surface area contributed by atoms with Gasteiger partial charge in [-0.3, -0.25) is 28.8 Å². The van der Waals surface area contributed by atoms with Gasteiger partial charge in [-0.25, -0.2) is 0 Å². The number of azo groups is 2. The molecule has 0 fully saturated rings. The molecule has 22 heteroatoms. The molecule has 3 unspecified atom stereocenters. The minimum atomic E-state index is -1.68. The highest BCUT2D eigenvalue weighted by Gasteiger charge is 2.27. The molecule has 4 N–H and O–H groups in total. The second-order valence-electron chi connectivity index (χ2n) is 13.4. The number of rotatable bonds is 16. The molecule has 4 amide bonds. The maximum atomic E-state index is 13.5. The highest BCUT2D eigenvalue weighted by molar-refractivity contribution is 6.36. The maximum Gasteiger partial charge on any atom is 0.258 e. The van der Waals surface area contributed by atoms with Crippen LogP contribution >= 0.6 is 81.2 Å². The number of carbonyl (C=O) groups excluding carboxylic acids is 6. The van der Waals surface area contributed by atoms with Crippen LogP contribution in [0.5, 0.6) is 5.75 Å². The Labute approximate surface area is 399 Å². The molecule has 0 bridgehead atoms. The Morgan fingerprint density at radius 2 is 0.906 bits per heavy atom. The largest absolute Gasteiger partial charge is 0.473 e. The van der Waals surface area contributed by atoms with Gasteiger partial charge >= 0.3 is 0 Å². The van der Waals surface area contributed by atoms with Gasteiger partial charge < -0.3 is 26.0 Å². The molecule has 5 aromatic carbocycles. The molecule has 0 radical (unpaired) electrons. The van der Waals surface area contributed by atoms with Crippen molar-refractivity contribution in [2.75, 3.05) is 21.3 Å². The van der Waals surface area contributed by atoms with E-state index in [-0.39, 0.29) is 49.7 Å². The van der Waals surface area contributed by atoms with Crippen LogP contribution in [0.2, 0.25) is 30.1 Å². The summed E-state index contributed by atoms with van der Waals surface area (Å²) in [6.45, 7) is 3.73. The number of alkyl halides is 1. The Hall–Kier alpha value is -5.65. The predicted molar refractivity (Wildman–Crippen MR) is 249 cm³/mol. The summed E-state index contributed by atoms with van der Waals surface area (Å²) >= 11 is 42.7. The Bertz CT molecular complexity index is 2690. The summed E-state index contributed by atoms with van der Waals surface area (Å²) in [6.07, 6.45) is 0. The van der Waals surface area contributed by atoms with Crippen LogP contribution in [0.1, 0.15) is 41.5 Å². The number of ether oxygens (including phenoxy) is 1. The molecule has 0 aromatic heterocycles. The van der Waals surface area contributed by atoms with E-state index >= 15 is 0 Å². The van der Waals surface area contributed by atoms with E-state index in [0.29, 0.717) is 31.5 Å². The molecule has 5 aromatic rings. The molecule has 15 nitrogen and oxygen atoms in total. The van der Waals surface area contributed by atoms with Gasteiger partial charge in [-0.15, -0.1) is 0 Å². The standard InChI is InChI=1S/C42H31Cl7N8O7/c1-19(58)37(56-54-33-8-22(6-24(44)16-33)39(60)51-31-12-26(46)10-27(47)13-31)41(62)50-30-4-5-35(36(18-30)64-21(3)43)53-42(63)38(20(2)59)57-55-34-9-23(7-25(45)17-34)40(61)52-32-14-28(48)11-29(49)15-32/h4-18,21,37-38H,1-3H3,(H,50,62)(H,51,60)(H,52,61)(H,53,63). The highest BCUT2D eigenvalue weighted by atomic mass is 35.5. The van der Waals surface area contributed by atoms with E-state index in [1.807, 2.05) is 0 Å². The number of anilines is 4. The first-order valence-electron chi connectivity index (χ1n) is 18.3. The second-order valence-corrected chi connectivity index (χ2v) is 16.7. The number of nitrogens with zero attached hydrogens (tertiary/aromatic N) is 4. The molecule has 0 aliphatic heterocycles. The Morgan fingerprint density at radius 1 is 0.500 bits per heavy atom. The van der Waals surface area contributed by atoms with E-state index < -0.39 is 52.8 Å². The van der Waals surface area contributed by atoms with E-state index in [1.54, 1.807) is 0 Å². The number of carbonyl (C=O) groups is 6. The molecule has 0 saturated heterocycles. The zero-order chi connectivity index (χ0) is 46.8. The summed E-state index contributed by atoms with van der Waals surface area (Å²) in [4.78, 5) is 78.1. The molecule has 0 spiro atoms. The number of halogens is 7. The van der Waals surface area contributed by atoms with Crippen LogP contribution in [-0.2, 0) is 19.2 Å². The SMILES string of the molecule is CC(=O)C(N=Nc1cc(Cl)cc(C(=O)Nc2cc(Cl)cc(Cl)c2)c1)C(=O)Nc1ccc(NC(=O)C(N=Nc2cc(Cl)cc(C(=O)Nc3cc(Cl)cc(Cl)c3)c2)C(C)=O)c(OC(C)Cl)c1. The molecule has 0 aliphatic carbocycles. The van der Waals surface area contributed by atoms with E-state index in [1.165, 1.54) is 97.9 Å². The third-order valence-corrected chi connectivity index (χ3v) is 9.57. The summed E-state index contributed by atoms with van der Waals surface area (Å²) in [5.74, 6) is -4.42. The van der Waals surface area contributed by atoms with Crippen molar-refractivity contribution < 1.29 is 33.5 Å². The number of ketones is 2. The van der Waals surface area contributed by atoms with Crippen LogP contribution in [0.25, 0.3) is 0 Å². The van der Waals surface area contributed by atoms with Gasteiger partial charge in [0, 0.05) is 64.4 Å². The van der Waals surface area contributed by atoms with Crippen molar-refractivity contribution in [3.05, 3.63) is 132 Å². The second kappa shape index (κ2) is 22.3. The third-order valence-electron chi connectivity index (χ3n) is 8.17. The van der Waals surface area contributed by atoms with Gasteiger partial charge in [0.25, 0.3) is 23.6 Å². The molecule has 330 valence electrons. The van der Waals surface area contributed by atoms with E-state index in [9.17, 15) is 28.8 Å². The lowest BCUT2D eigenvalue weighted by atomic mass is 10.1. The molecule has 5 rings (SSSR count).